The van der Waals surface area contributed by atoms with Gasteiger partial charge in [0, 0.05) is 18.3 Å². The summed E-state index contributed by atoms with van der Waals surface area (Å²) in [7, 11) is 0. The van der Waals surface area contributed by atoms with Crippen molar-refractivity contribution in [1.82, 2.24) is 4.90 Å². The molecule has 2 atom stereocenters. The maximum absolute atomic E-state index is 12.7. The molecule has 1 fully saturated rings. The SMILES string of the molecule is CC(C)CN1C(C)CC[C@@H]1C(=O)Nc1cccc(C(F)(F)F)c1. The van der Waals surface area contributed by atoms with Crippen molar-refractivity contribution in [3.05, 3.63) is 29.8 Å². The van der Waals surface area contributed by atoms with E-state index in [1.54, 1.807) is 0 Å². The Morgan fingerprint density at radius 1 is 1.35 bits per heavy atom. The summed E-state index contributed by atoms with van der Waals surface area (Å²) in [6, 6.07) is 4.80. The minimum Gasteiger partial charge on any atom is -0.325 e. The van der Waals surface area contributed by atoms with Gasteiger partial charge in [-0.3, -0.25) is 9.69 Å². The van der Waals surface area contributed by atoms with E-state index in [0.29, 0.717) is 12.0 Å². The summed E-state index contributed by atoms with van der Waals surface area (Å²) in [6.07, 6.45) is -2.75. The average Bonchev–Trinajstić information content (AvgIpc) is 2.79. The molecule has 1 N–H and O–H groups in total. The number of hydrogen-bond donors (Lipinski definition) is 1. The fourth-order valence-corrected chi connectivity index (χ4v) is 3.05. The van der Waals surface area contributed by atoms with Crippen LogP contribution in [0.25, 0.3) is 0 Å². The van der Waals surface area contributed by atoms with Crippen LogP contribution >= 0.6 is 0 Å². The monoisotopic (exact) mass is 328 g/mol. The van der Waals surface area contributed by atoms with Crippen molar-refractivity contribution in [2.75, 3.05) is 11.9 Å². The molecular formula is C17H23F3N2O. The fourth-order valence-electron chi connectivity index (χ4n) is 3.05. The Bertz CT molecular complexity index is 557. The van der Waals surface area contributed by atoms with Gasteiger partial charge in [0.2, 0.25) is 5.91 Å². The number of nitrogens with zero attached hydrogens (tertiary/aromatic N) is 1. The molecule has 1 amide bonds. The Balaban J connectivity index is 2.09. The molecule has 128 valence electrons. The van der Waals surface area contributed by atoms with Crippen molar-refractivity contribution in [1.29, 1.82) is 0 Å². The highest BCUT2D eigenvalue weighted by Gasteiger charge is 2.36. The van der Waals surface area contributed by atoms with Crippen LogP contribution in [0.3, 0.4) is 0 Å². The Labute approximate surface area is 134 Å². The molecule has 0 aliphatic carbocycles. The predicted octanol–water partition coefficient (Wildman–Crippen LogP) is 4.15. The number of halogens is 3. The van der Waals surface area contributed by atoms with Crippen LogP contribution in [-0.4, -0.2) is 29.4 Å². The fraction of sp³-hybridized carbons (Fsp3) is 0.588. The van der Waals surface area contributed by atoms with Gasteiger partial charge in [-0.15, -0.1) is 0 Å². The quantitative estimate of drug-likeness (QED) is 0.900. The van der Waals surface area contributed by atoms with E-state index in [1.165, 1.54) is 12.1 Å². The zero-order valence-corrected chi connectivity index (χ0v) is 13.7. The van der Waals surface area contributed by atoms with Crippen molar-refractivity contribution in [3.8, 4) is 0 Å². The van der Waals surface area contributed by atoms with E-state index < -0.39 is 11.7 Å². The highest BCUT2D eigenvalue weighted by atomic mass is 19.4. The van der Waals surface area contributed by atoms with Crippen molar-refractivity contribution in [2.24, 2.45) is 5.92 Å². The number of hydrogen-bond acceptors (Lipinski definition) is 2. The van der Waals surface area contributed by atoms with Gasteiger partial charge in [0.05, 0.1) is 11.6 Å². The molecule has 0 radical (unpaired) electrons. The summed E-state index contributed by atoms with van der Waals surface area (Å²) in [4.78, 5) is 14.6. The second kappa shape index (κ2) is 6.91. The molecule has 1 aromatic rings. The lowest BCUT2D eigenvalue weighted by Crippen LogP contribution is -2.44. The topological polar surface area (TPSA) is 32.3 Å². The van der Waals surface area contributed by atoms with Crippen molar-refractivity contribution in [2.45, 2.75) is 51.9 Å². The first-order chi connectivity index (χ1) is 10.7. The van der Waals surface area contributed by atoms with Crippen LogP contribution in [-0.2, 0) is 11.0 Å². The number of nitrogens with one attached hydrogen (secondary N) is 1. The molecule has 0 saturated carbocycles. The normalized spacial score (nSPS) is 22.6. The molecule has 1 saturated heterocycles. The lowest BCUT2D eigenvalue weighted by atomic mass is 10.1. The number of anilines is 1. The maximum Gasteiger partial charge on any atom is 0.416 e. The molecule has 1 aliphatic heterocycles. The van der Waals surface area contributed by atoms with Crippen molar-refractivity contribution >= 4 is 11.6 Å². The second-order valence-electron chi connectivity index (χ2n) is 6.60. The highest BCUT2D eigenvalue weighted by Crippen LogP contribution is 2.31. The largest absolute Gasteiger partial charge is 0.416 e. The summed E-state index contributed by atoms with van der Waals surface area (Å²) < 4.78 is 38.2. The van der Waals surface area contributed by atoms with Crippen molar-refractivity contribution in [3.63, 3.8) is 0 Å². The van der Waals surface area contributed by atoms with Gasteiger partial charge in [0.25, 0.3) is 0 Å². The lowest BCUT2D eigenvalue weighted by molar-refractivity contribution is -0.137. The number of rotatable bonds is 4. The van der Waals surface area contributed by atoms with E-state index >= 15 is 0 Å². The van der Waals surface area contributed by atoms with E-state index in [1.807, 2.05) is 0 Å². The summed E-state index contributed by atoms with van der Waals surface area (Å²) >= 11 is 0. The smallest absolute Gasteiger partial charge is 0.325 e. The third kappa shape index (κ3) is 4.47. The molecule has 23 heavy (non-hydrogen) atoms. The Kier molecular flexibility index (Phi) is 5.34. The first-order valence-electron chi connectivity index (χ1n) is 7.92. The number of likely N-dealkylation sites (tertiary alicyclic amines) is 1. The number of benzene rings is 1. The van der Waals surface area contributed by atoms with Crippen LogP contribution in [0, 0.1) is 5.92 Å². The van der Waals surface area contributed by atoms with E-state index in [2.05, 4.69) is 31.0 Å². The third-order valence-electron chi connectivity index (χ3n) is 4.16. The number of carbonyl (C=O) groups excluding carboxylic acids is 1. The van der Waals surface area contributed by atoms with Gasteiger partial charge < -0.3 is 5.32 Å². The summed E-state index contributed by atoms with van der Waals surface area (Å²) in [5.74, 6) is 0.203. The second-order valence-corrected chi connectivity index (χ2v) is 6.60. The minimum atomic E-state index is -4.41. The predicted molar refractivity (Wildman–Crippen MR) is 84.1 cm³/mol. The third-order valence-corrected chi connectivity index (χ3v) is 4.16. The van der Waals surface area contributed by atoms with Gasteiger partial charge in [0.1, 0.15) is 0 Å². The van der Waals surface area contributed by atoms with Gasteiger partial charge in [-0.25, -0.2) is 0 Å². The Morgan fingerprint density at radius 3 is 2.65 bits per heavy atom. The first-order valence-corrected chi connectivity index (χ1v) is 7.92. The van der Waals surface area contributed by atoms with Crippen LogP contribution in [0.5, 0.6) is 0 Å². The number of amides is 1. The van der Waals surface area contributed by atoms with E-state index in [-0.39, 0.29) is 17.6 Å². The Morgan fingerprint density at radius 2 is 2.04 bits per heavy atom. The first kappa shape index (κ1) is 17.8. The zero-order valence-electron chi connectivity index (χ0n) is 13.7. The van der Waals surface area contributed by atoms with E-state index in [0.717, 1.165) is 31.5 Å². The molecular weight excluding hydrogens is 305 g/mol. The van der Waals surface area contributed by atoms with Crippen molar-refractivity contribution < 1.29 is 18.0 Å². The summed E-state index contributed by atoms with van der Waals surface area (Å²) in [6.45, 7) is 7.07. The van der Waals surface area contributed by atoms with E-state index in [4.69, 9.17) is 0 Å². The van der Waals surface area contributed by atoms with Crippen LogP contribution < -0.4 is 5.32 Å². The zero-order chi connectivity index (χ0) is 17.2. The molecule has 6 heteroatoms. The van der Waals surface area contributed by atoms with Gasteiger partial charge in [-0.1, -0.05) is 19.9 Å². The molecule has 2 rings (SSSR count). The van der Waals surface area contributed by atoms with Crippen LogP contribution in [0.4, 0.5) is 18.9 Å². The highest BCUT2D eigenvalue weighted by molar-refractivity contribution is 5.95. The summed E-state index contributed by atoms with van der Waals surface area (Å²) in [5.41, 5.74) is -0.567. The lowest BCUT2D eigenvalue weighted by Gasteiger charge is -2.29. The average molecular weight is 328 g/mol. The maximum atomic E-state index is 12.7. The molecule has 1 unspecified atom stereocenters. The van der Waals surface area contributed by atoms with Crippen LogP contribution in [0.2, 0.25) is 0 Å². The molecule has 1 aromatic carbocycles. The van der Waals surface area contributed by atoms with Gasteiger partial charge in [-0.2, -0.15) is 13.2 Å². The van der Waals surface area contributed by atoms with Gasteiger partial charge in [0.15, 0.2) is 0 Å². The standard InChI is InChI=1S/C17H23F3N2O/c1-11(2)10-22-12(3)7-8-15(22)16(23)21-14-6-4-5-13(9-14)17(18,19)20/h4-6,9,11-12,15H,7-8,10H2,1-3H3,(H,21,23)/t12?,15-/m1/s1. The van der Waals surface area contributed by atoms with Crippen LogP contribution in [0.1, 0.15) is 39.2 Å². The number of alkyl halides is 3. The minimum absolute atomic E-state index is 0.189. The molecule has 3 nitrogen and oxygen atoms in total. The molecule has 1 aliphatic rings. The van der Waals surface area contributed by atoms with Gasteiger partial charge >= 0.3 is 6.18 Å². The Hall–Kier alpha value is -1.56. The number of carbonyl (C=O) groups is 1. The van der Waals surface area contributed by atoms with Crippen LogP contribution in [0.15, 0.2) is 24.3 Å². The molecule has 0 spiro atoms. The summed E-state index contributed by atoms with van der Waals surface area (Å²) in [5, 5.41) is 2.64. The van der Waals surface area contributed by atoms with E-state index in [9.17, 15) is 18.0 Å². The molecule has 0 bridgehead atoms. The molecule has 1 heterocycles. The molecule has 0 aromatic heterocycles. The van der Waals surface area contributed by atoms with Gasteiger partial charge in [-0.05, 0) is 43.9 Å².